The number of rotatable bonds is 1. The zero-order valence-electron chi connectivity index (χ0n) is 7.49. The molecule has 64 valence electrons. The minimum absolute atomic E-state index is 0.319. The van der Waals surface area contributed by atoms with Gasteiger partial charge in [-0.1, -0.05) is 13.8 Å². The minimum atomic E-state index is -0.319. The van der Waals surface area contributed by atoms with Crippen molar-refractivity contribution >= 4 is 19.9 Å². The number of hydrogen-bond donors (Lipinski definition) is 0. The van der Waals surface area contributed by atoms with Crippen LogP contribution in [0.4, 0.5) is 0 Å². The Morgan fingerprint density at radius 2 is 2.09 bits per heavy atom. The SMILES string of the molecule is CC12CCC(C1)CC2(C)[SiH2]Cl. The van der Waals surface area contributed by atoms with E-state index in [0.717, 1.165) is 5.92 Å². The summed E-state index contributed by atoms with van der Waals surface area (Å²) < 4.78 is 0. The molecular formula is C9H17ClSi. The maximum Gasteiger partial charge on any atom is 0.131 e. The summed E-state index contributed by atoms with van der Waals surface area (Å²) in [6.07, 6.45) is 5.85. The van der Waals surface area contributed by atoms with Gasteiger partial charge in [-0.05, 0) is 42.1 Å². The molecule has 2 heteroatoms. The maximum atomic E-state index is 6.17. The molecule has 2 saturated carbocycles. The van der Waals surface area contributed by atoms with Crippen LogP contribution in [0.1, 0.15) is 39.5 Å². The van der Waals surface area contributed by atoms with Gasteiger partial charge in [0.05, 0.1) is 0 Å². The van der Waals surface area contributed by atoms with Gasteiger partial charge in [-0.3, -0.25) is 0 Å². The highest BCUT2D eigenvalue weighted by Crippen LogP contribution is 2.68. The molecule has 0 aliphatic heterocycles. The molecular weight excluding hydrogens is 172 g/mol. The van der Waals surface area contributed by atoms with Crippen molar-refractivity contribution in [3.8, 4) is 0 Å². The summed E-state index contributed by atoms with van der Waals surface area (Å²) in [5.74, 6) is 1.04. The number of hydrogen-bond acceptors (Lipinski definition) is 0. The van der Waals surface area contributed by atoms with Gasteiger partial charge < -0.3 is 0 Å². The average molecular weight is 189 g/mol. The van der Waals surface area contributed by atoms with Gasteiger partial charge in [-0.2, -0.15) is 11.1 Å². The molecule has 0 amide bonds. The lowest BCUT2D eigenvalue weighted by molar-refractivity contribution is 0.246. The molecule has 3 unspecified atom stereocenters. The van der Waals surface area contributed by atoms with Gasteiger partial charge in [0.2, 0.25) is 0 Å². The quantitative estimate of drug-likeness (QED) is 0.439. The average Bonchev–Trinajstić information content (AvgIpc) is 2.42. The Morgan fingerprint density at radius 1 is 1.36 bits per heavy atom. The Labute approximate surface area is 76.2 Å². The number of fused-ring (bicyclic) bond motifs is 2. The topological polar surface area (TPSA) is 0 Å². The molecule has 3 atom stereocenters. The van der Waals surface area contributed by atoms with E-state index in [9.17, 15) is 0 Å². The van der Waals surface area contributed by atoms with Crippen LogP contribution in [0, 0.1) is 11.3 Å². The predicted molar refractivity (Wildman–Crippen MR) is 52.8 cm³/mol. The summed E-state index contributed by atoms with van der Waals surface area (Å²) in [5, 5.41) is 0.595. The highest BCUT2D eigenvalue weighted by molar-refractivity contribution is 6.95. The van der Waals surface area contributed by atoms with Crippen molar-refractivity contribution < 1.29 is 0 Å². The van der Waals surface area contributed by atoms with E-state index >= 15 is 0 Å². The third-order valence-corrected chi connectivity index (χ3v) is 7.84. The fraction of sp³-hybridized carbons (Fsp3) is 1.00. The second-order valence-corrected chi connectivity index (χ2v) is 7.70. The van der Waals surface area contributed by atoms with Crippen molar-refractivity contribution in [3.63, 3.8) is 0 Å². The summed E-state index contributed by atoms with van der Waals surface area (Å²) in [7, 11) is -0.319. The largest absolute Gasteiger partial charge is 0.176 e. The standard InChI is InChI=1S/C9H17ClSi/c1-8-4-3-7(5-8)6-9(8,2)11-10/h7H,3-6,11H2,1-2H3. The first-order valence-electron chi connectivity index (χ1n) is 4.66. The van der Waals surface area contributed by atoms with Crippen LogP contribution in [-0.4, -0.2) is 8.83 Å². The molecule has 0 aromatic heterocycles. The molecule has 0 saturated heterocycles. The van der Waals surface area contributed by atoms with E-state index < -0.39 is 0 Å². The van der Waals surface area contributed by atoms with Crippen molar-refractivity contribution in [2.45, 2.75) is 44.6 Å². The normalized spacial score (nSPS) is 56.5. The summed E-state index contributed by atoms with van der Waals surface area (Å²) >= 11 is 6.17. The van der Waals surface area contributed by atoms with Crippen LogP contribution in [-0.2, 0) is 0 Å². The molecule has 2 rings (SSSR count). The molecule has 0 N–H and O–H groups in total. The maximum absolute atomic E-state index is 6.17. The van der Waals surface area contributed by atoms with Crippen LogP contribution >= 0.6 is 11.1 Å². The summed E-state index contributed by atoms with van der Waals surface area (Å²) in [6, 6.07) is 0. The van der Waals surface area contributed by atoms with Crippen molar-refractivity contribution in [1.82, 2.24) is 0 Å². The van der Waals surface area contributed by atoms with Gasteiger partial charge in [0.15, 0.2) is 0 Å². The zero-order chi connectivity index (χ0) is 8.11. The second kappa shape index (κ2) is 2.26. The molecule has 0 aromatic rings. The molecule has 0 nitrogen and oxygen atoms in total. The van der Waals surface area contributed by atoms with Gasteiger partial charge in [-0.15, -0.1) is 0 Å². The highest BCUT2D eigenvalue weighted by Gasteiger charge is 2.55. The molecule has 0 radical (unpaired) electrons. The van der Waals surface area contributed by atoms with Crippen LogP contribution in [0.25, 0.3) is 0 Å². The van der Waals surface area contributed by atoms with Crippen molar-refractivity contribution in [3.05, 3.63) is 0 Å². The fourth-order valence-corrected chi connectivity index (χ4v) is 5.64. The first-order chi connectivity index (χ1) is 5.10. The molecule has 0 heterocycles. The van der Waals surface area contributed by atoms with Crippen molar-refractivity contribution in [1.29, 1.82) is 0 Å². The summed E-state index contributed by atoms with van der Waals surface area (Å²) in [4.78, 5) is 0. The molecule has 11 heavy (non-hydrogen) atoms. The lowest BCUT2D eigenvalue weighted by atomic mass is 9.77. The minimum Gasteiger partial charge on any atom is -0.176 e. The smallest absolute Gasteiger partial charge is 0.131 e. The van der Waals surface area contributed by atoms with Crippen LogP contribution in [0.5, 0.6) is 0 Å². The first kappa shape index (κ1) is 8.12. The van der Waals surface area contributed by atoms with Crippen LogP contribution in [0.3, 0.4) is 0 Å². The Bertz CT molecular complexity index is 180. The van der Waals surface area contributed by atoms with E-state index in [1.165, 1.54) is 25.7 Å². The third kappa shape index (κ3) is 0.936. The van der Waals surface area contributed by atoms with E-state index in [2.05, 4.69) is 13.8 Å². The van der Waals surface area contributed by atoms with E-state index in [-0.39, 0.29) is 8.83 Å². The second-order valence-electron chi connectivity index (χ2n) is 5.07. The highest BCUT2D eigenvalue weighted by atomic mass is 35.6. The monoisotopic (exact) mass is 188 g/mol. The van der Waals surface area contributed by atoms with Crippen LogP contribution in [0.2, 0.25) is 5.04 Å². The number of halogens is 1. The van der Waals surface area contributed by atoms with Crippen LogP contribution < -0.4 is 0 Å². The van der Waals surface area contributed by atoms with Gasteiger partial charge >= 0.3 is 0 Å². The summed E-state index contributed by atoms with van der Waals surface area (Å²) in [5.41, 5.74) is 0.644. The first-order valence-corrected chi connectivity index (χ1v) is 7.50. The van der Waals surface area contributed by atoms with Gasteiger partial charge in [-0.25, -0.2) is 0 Å². The zero-order valence-corrected chi connectivity index (χ0v) is 9.66. The van der Waals surface area contributed by atoms with Crippen molar-refractivity contribution in [2.24, 2.45) is 11.3 Å². The lowest BCUT2D eigenvalue weighted by Crippen LogP contribution is -2.29. The third-order valence-electron chi connectivity index (χ3n) is 4.33. The molecule has 0 spiro atoms. The van der Waals surface area contributed by atoms with E-state index in [1.54, 1.807) is 0 Å². The molecule has 2 bridgehead atoms. The van der Waals surface area contributed by atoms with Crippen LogP contribution in [0.15, 0.2) is 0 Å². The van der Waals surface area contributed by atoms with Crippen molar-refractivity contribution in [2.75, 3.05) is 0 Å². The van der Waals surface area contributed by atoms with E-state index in [0.29, 0.717) is 10.5 Å². The molecule has 2 aliphatic rings. The Balaban J connectivity index is 2.27. The van der Waals surface area contributed by atoms with E-state index in [1.807, 2.05) is 0 Å². The van der Waals surface area contributed by atoms with Gasteiger partial charge in [0.25, 0.3) is 0 Å². The van der Waals surface area contributed by atoms with Gasteiger partial charge in [0, 0.05) is 0 Å². The summed E-state index contributed by atoms with van der Waals surface area (Å²) in [6.45, 7) is 4.90. The lowest BCUT2D eigenvalue weighted by Gasteiger charge is -2.40. The van der Waals surface area contributed by atoms with Gasteiger partial charge in [0.1, 0.15) is 8.83 Å². The predicted octanol–water partition coefficient (Wildman–Crippen LogP) is 2.70. The van der Waals surface area contributed by atoms with E-state index in [4.69, 9.17) is 11.1 Å². The molecule has 0 aromatic carbocycles. The Kier molecular flexibility index (Phi) is 1.67. The molecule has 2 aliphatic carbocycles. The fourth-order valence-electron chi connectivity index (χ4n) is 3.19. The Morgan fingerprint density at radius 3 is 2.36 bits per heavy atom. The Hall–Kier alpha value is 0.507. The molecule has 2 fully saturated rings.